The Labute approximate surface area is 126 Å². The quantitative estimate of drug-likeness (QED) is 0.598. The van der Waals surface area contributed by atoms with E-state index in [1.54, 1.807) is 19.1 Å². The summed E-state index contributed by atoms with van der Waals surface area (Å²) in [6, 6.07) is 5.26. The molecule has 21 heavy (non-hydrogen) atoms. The molecular formula is C16H26N2O3. The number of benzene rings is 1. The highest BCUT2D eigenvalue weighted by Gasteiger charge is 2.29. The van der Waals surface area contributed by atoms with Gasteiger partial charge in [0, 0.05) is 30.1 Å². The fourth-order valence-electron chi connectivity index (χ4n) is 2.50. The molecule has 0 saturated carbocycles. The van der Waals surface area contributed by atoms with Crippen LogP contribution in [0.5, 0.6) is 0 Å². The molecule has 0 heterocycles. The molecule has 5 heteroatoms. The van der Waals surface area contributed by atoms with Gasteiger partial charge in [0.25, 0.3) is 5.69 Å². The summed E-state index contributed by atoms with van der Waals surface area (Å²) >= 11 is 0. The first-order valence-electron chi connectivity index (χ1n) is 7.28. The number of hydrogen-bond acceptors (Lipinski definition) is 4. The Bertz CT molecular complexity index is 498. The van der Waals surface area contributed by atoms with Gasteiger partial charge in [-0.15, -0.1) is 0 Å². The zero-order chi connectivity index (χ0) is 16.2. The van der Waals surface area contributed by atoms with Gasteiger partial charge in [0.15, 0.2) is 0 Å². The lowest BCUT2D eigenvalue weighted by Crippen LogP contribution is -2.41. The van der Waals surface area contributed by atoms with Crippen LogP contribution in [0.1, 0.15) is 38.8 Å². The van der Waals surface area contributed by atoms with Crippen molar-refractivity contribution in [3.63, 3.8) is 0 Å². The third-order valence-corrected chi connectivity index (χ3v) is 3.81. The lowest BCUT2D eigenvalue weighted by molar-refractivity contribution is -0.385. The first-order valence-corrected chi connectivity index (χ1v) is 7.28. The Kier molecular flexibility index (Phi) is 5.87. The van der Waals surface area contributed by atoms with E-state index in [4.69, 9.17) is 0 Å². The van der Waals surface area contributed by atoms with Crippen LogP contribution in [0.2, 0.25) is 0 Å². The Hall–Kier alpha value is -1.46. The SMILES string of the molecule is Cc1ccc(CNCC(C)(C)C(O)C(C)C)cc1[N+](=O)[O-]. The van der Waals surface area contributed by atoms with E-state index in [0.29, 0.717) is 18.7 Å². The second kappa shape index (κ2) is 7.00. The molecule has 2 N–H and O–H groups in total. The van der Waals surface area contributed by atoms with Crippen LogP contribution in [0.25, 0.3) is 0 Å². The van der Waals surface area contributed by atoms with Crippen molar-refractivity contribution in [2.24, 2.45) is 11.3 Å². The van der Waals surface area contributed by atoms with Gasteiger partial charge in [-0.25, -0.2) is 0 Å². The van der Waals surface area contributed by atoms with Crippen LogP contribution in [0.3, 0.4) is 0 Å². The van der Waals surface area contributed by atoms with Crippen molar-refractivity contribution >= 4 is 5.69 Å². The normalized spacial score (nSPS) is 13.5. The summed E-state index contributed by atoms with van der Waals surface area (Å²) in [5.41, 5.74) is 1.45. The Morgan fingerprint density at radius 3 is 2.52 bits per heavy atom. The molecule has 0 aliphatic carbocycles. The average molecular weight is 294 g/mol. The van der Waals surface area contributed by atoms with E-state index >= 15 is 0 Å². The Balaban J connectivity index is 2.64. The smallest absolute Gasteiger partial charge is 0.272 e. The number of aliphatic hydroxyl groups is 1. The number of hydrogen-bond donors (Lipinski definition) is 2. The van der Waals surface area contributed by atoms with Crippen molar-refractivity contribution in [1.82, 2.24) is 5.32 Å². The topological polar surface area (TPSA) is 75.4 Å². The molecule has 0 fully saturated rings. The summed E-state index contributed by atoms with van der Waals surface area (Å²) in [6.07, 6.45) is -0.391. The zero-order valence-electron chi connectivity index (χ0n) is 13.5. The first-order chi connectivity index (χ1) is 9.65. The molecule has 1 atom stereocenters. The van der Waals surface area contributed by atoms with Crippen LogP contribution in [0.15, 0.2) is 18.2 Å². The second-order valence-corrected chi connectivity index (χ2v) is 6.66. The monoisotopic (exact) mass is 294 g/mol. The molecule has 0 saturated heterocycles. The van der Waals surface area contributed by atoms with Crippen LogP contribution < -0.4 is 5.32 Å². The molecule has 1 rings (SSSR count). The Morgan fingerprint density at radius 2 is 2.00 bits per heavy atom. The third kappa shape index (κ3) is 4.79. The minimum Gasteiger partial charge on any atom is -0.392 e. The maximum Gasteiger partial charge on any atom is 0.272 e. The highest BCUT2D eigenvalue weighted by molar-refractivity contribution is 5.42. The van der Waals surface area contributed by atoms with Crippen molar-refractivity contribution in [1.29, 1.82) is 0 Å². The molecule has 1 unspecified atom stereocenters. The summed E-state index contributed by atoms with van der Waals surface area (Å²) in [7, 11) is 0. The number of nitro benzene ring substituents is 1. The molecule has 0 aliphatic heterocycles. The van der Waals surface area contributed by atoms with Crippen LogP contribution in [-0.4, -0.2) is 22.7 Å². The predicted octanol–water partition coefficient (Wildman–Crippen LogP) is 3.04. The summed E-state index contributed by atoms with van der Waals surface area (Å²) in [4.78, 5) is 10.6. The lowest BCUT2D eigenvalue weighted by Gasteiger charge is -2.33. The third-order valence-electron chi connectivity index (χ3n) is 3.81. The summed E-state index contributed by atoms with van der Waals surface area (Å²) in [6.45, 7) is 11.0. The van der Waals surface area contributed by atoms with Crippen molar-refractivity contribution in [3.8, 4) is 0 Å². The maximum absolute atomic E-state index is 10.9. The van der Waals surface area contributed by atoms with Gasteiger partial charge in [0.2, 0.25) is 0 Å². The largest absolute Gasteiger partial charge is 0.392 e. The molecule has 0 radical (unpaired) electrons. The van der Waals surface area contributed by atoms with E-state index in [-0.39, 0.29) is 21.9 Å². The van der Waals surface area contributed by atoms with E-state index in [1.165, 1.54) is 0 Å². The van der Waals surface area contributed by atoms with Gasteiger partial charge in [0.05, 0.1) is 11.0 Å². The van der Waals surface area contributed by atoms with Crippen molar-refractivity contribution in [2.75, 3.05) is 6.54 Å². The van der Waals surface area contributed by atoms with E-state index in [0.717, 1.165) is 5.56 Å². The van der Waals surface area contributed by atoms with Gasteiger partial charge < -0.3 is 10.4 Å². The molecule has 0 amide bonds. The van der Waals surface area contributed by atoms with Crippen LogP contribution in [-0.2, 0) is 6.54 Å². The standard InChI is InChI=1S/C16H26N2O3/c1-11(2)15(19)16(4,5)10-17-9-13-7-6-12(3)14(8-13)18(20)21/h6-8,11,15,17,19H,9-10H2,1-5H3. The number of aliphatic hydroxyl groups excluding tert-OH is 1. The molecule has 1 aromatic rings. The predicted molar refractivity (Wildman–Crippen MR) is 84.2 cm³/mol. The minimum absolute atomic E-state index is 0.149. The van der Waals surface area contributed by atoms with E-state index in [9.17, 15) is 15.2 Å². The summed E-state index contributed by atoms with van der Waals surface area (Å²) in [5, 5.41) is 24.4. The molecule has 0 bridgehead atoms. The molecule has 118 valence electrons. The van der Waals surface area contributed by atoms with Crippen LogP contribution in [0, 0.1) is 28.4 Å². The summed E-state index contributed by atoms with van der Waals surface area (Å²) < 4.78 is 0. The van der Waals surface area contributed by atoms with Gasteiger partial charge >= 0.3 is 0 Å². The average Bonchev–Trinajstić information content (AvgIpc) is 2.39. The fourth-order valence-corrected chi connectivity index (χ4v) is 2.50. The van der Waals surface area contributed by atoms with Gasteiger partial charge in [-0.2, -0.15) is 0 Å². The highest BCUT2D eigenvalue weighted by Crippen LogP contribution is 2.25. The number of nitro groups is 1. The van der Waals surface area contributed by atoms with Gasteiger partial charge in [-0.1, -0.05) is 39.8 Å². The van der Waals surface area contributed by atoms with Crippen molar-refractivity contribution in [3.05, 3.63) is 39.4 Å². The number of nitrogens with zero attached hydrogens (tertiary/aromatic N) is 1. The first kappa shape index (κ1) is 17.6. The van der Waals surface area contributed by atoms with Crippen molar-refractivity contribution < 1.29 is 10.0 Å². The Morgan fingerprint density at radius 1 is 1.38 bits per heavy atom. The summed E-state index contributed by atoms with van der Waals surface area (Å²) in [5.74, 6) is 0.197. The van der Waals surface area contributed by atoms with Crippen molar-refractivity contribution in [2.45, 2.75) is 47.3 Å². The molecule has 0 aliphatic rings. The second-order valence-electron chi connectivity index (χ2n) is 6.66. The zero-order valence-corrected chi connectivity index (χ0v) is 13.5. The minimum atomic E-state index is -0.391. The fraction of sp³-hybridized carbons (Fsp3) is 0.625. The highest BCUT2D eigenvalue weighted by atomic mass is 16.6. The lowest BCUT2D eigenvalue weighted by atomic mass is 9.80. The molecule has 1 aromatic carbocycles. The van der Waals surface area contributed by atoms with E-state index in [1.807, 2.05) is 33.8 Å². The molecule has 5 nitrogen and oxygen atoms in total. The van der Waals surface area contributed by atoms with E-state index < -0.39 is 6.10 Å². The maximum atomic E-state index is 10.9. The number of aryl methyl sites for hydroxylation is 1. The molecule has 0 spiro atoms. The molecular weight excluding hydrogens is 268 g/mol. The van der Waals surface area contributed by atoms with E-state index in [2.05, 4.69) is 5.32 Å². The molecule has 0 aromatic heterocycles. The van der Waals surface area contributed by atoms with Gasteiger partial charge in [-0.3, -0.25) is 10.1 Å². The number of rotatable bonds is 7. The van der Waals surface area contributed by atoms with Crippen LogP contribution >= 0.6 is 0 Å². The van der Waals surface area contributed by atoms with Gasteiger partial charge in [0.1, 0.15) is 0 Å². The van der Waals surface area contributed by atoms with Crippen LogP contribution in [0.4, 0.5) is 5.69 Å². The number of nitrogens with one attached hydrogen (secondary N) is 1. The van der Waals surface area contributed by atoms with Gasteiger partial charge in [-0.05, 0) is 18.4 Å².